The lowest BCUT2D eigenvalue weighted by Crippen LogP contribution is -2.34. The Hall–Kier alpha value is -3.64. The zero-order chi connectivity index (χ0) is 26.6. The molecule has 36 heavy (non-hydrogen) atoms. The number of nitro benzene ring substituents is 1. The van der Waals surface area contributed by atoms with Crippen LogP contribution in [-0.2, 0) is 19.6 Å². The van der Waals surface area contributed by atoms with E-state index in [4.69, 9.17) is 4.74 Å². The van der Waals surface area contributed by atoms with Crippen LogP contribution in [0.3, 0.4) is 0 Å². The molecular weight excluding hydrogens is 559 g/mol. The fourth-order valence-corrected chi connectivity index (χ4v) is 4.68. The van der Waals surface area contributed by atoms with E-state index < -0.39 is 45.2 Å². The van der Waals surface area contributed by atoms with Crippen molar-refractivity contribution in [1.29, 1.82) is 0 Å². The molecule has 0 aliphatic carbocycles. The molecule has 0 aromatic heterocycles. The van der Waals surface area contributed by atoms with Crippen LogP contribution < -0.4 is 0 Å². The van der Waals surface area contributed by atoms with E-state index >= 15 is 0 Å². The van der Waals surface area contributed by atoms with Crippen LogP contribution in [0, 0.1) is 22.9 Å². The van der Waals surface area contributed by atoms with Crippen molar-refractivity contribution < 1.29 is 32.1 Å². The van der Waals surface area contributed by atoms with Crippen LogP contribution in [0.5, 0.6) is 0 Å². The molecule has 12 heteroatoms. The van der Waals surface area contributed by atoms with Gasteiger partial charge in [-0.25, -0.2) is 21.9 Å². The number of nitrogens with zero attached hydrogens (tertiary/aromatic N) is 2. The lowest BCUT2D eigenvalue weighted by molar-refractivity contribution is -0.384. The number of carbonyl (C=O) groups is 2. The number of non-ortho nitro benzene ring substituents is 1. The van der Waals surface area contributed by atoms with E-state index in [2.05, 4.69) is 15.9 Å². The number of carbonyl (C=O) groups excluding carboxylic acids is 2. The van der Waals surface area contributed by atoms with Crippen LogP contribution in [0.2, 0.25) is 0 Å². The standard InChI is InChI=1S/C24H20BrFN2O7S/c1-15-3-10-19(11-4-15)36(33,34)27(2)23(29)14-22(17-7-12-21(26)20(25)13-17)35-24(30)16-5-8-18(9-6-16)28(31)32/h3-13,22H,14H2,1-2H3. The van der Waals surface area contributed by atoms with Crippen molar-refractivity contribution in [2.75, 3.05) is 7.05 Å². The van der Waals surface area contributed by atoms with E-state index in [1.54, 1.807) is 19.1 Å². The van der Waals surface area contributed by atoms with Gasteiger partial charge in [-0.1, -0.05) is 23.8 Å². The molecule has 0 aliphatic heterocycles. The largest absolute Gasteiger partial charge is 0.453 e. The Morgan fingerprint density at radius 1 is 1.08 bits per heavy atom. The molecule has 3 aromatic rings. The summed E-state index contributed by atoms with van der Waals surface area (Å²) in [5.41, 5.74) is 0.805. The van der Waals surface area contributed by atoms with Gasteiger partial charge in [0.2, 0.25) is 5.91 Å². The monoisotopic (exact) mass is 578 g/mol. The highest BCUT2D eigenvalue weighted by Crippen LogP contribution is 2.29. The molecular formula is C24H20BrFN2O7S. The number of hydrogen-bond donors (Lipinski definition) is 0. The molecule has 1 atom stereocenters. The molecule has 0 saturated heterocycles. The molecule has 188 valence electrons. The summed E-state index contributed by atoms with van der Waals surface area (Å²) in [5, 5.41) is 10.9. The molecule has 0 fully saturated rings. The summed E-state index contributed by atoms with van der Waals surface area (Å²) in [4.78, 5) is 35.9. The molecule has 1 amide bonds. The number of ether oxygens (including phenoxy) is 1. The van der Waals surface area contributed by atoms with Crippen molar-refractivity contribution in [2.24, 2.45) is 0 Å². The molecule has 0 N–H and O–H groups in total. The van der Waals surface area contributed by atoms with E-state index in [9.17, 15) is 32.5 Å². The van der Waals surface area contributed by atoms with E-state index in [0.29, 0.717) is 4.31 Å². The third-order valence-electron chi connectivity index (χ3n) is 5.27. The van der Waals surface area contributed by atoms with E-state index in [0.717, 1.165) is 30.8 Å². The predicted octanol–water partition coefficient (Wildman–Crippen LogP) is 4.94. The van der Waals surface area contributed by atoms with Crippen LogP contribution in [0.25, 0.3) is 0 Å². The molecule has 1 unspecified atom stereocenters. The highest BCUT2D eigenvalue weighted by atomic mass is 79.9. The van der Waals surface area contributed by atoms with E-state index in [1.165, 1.54) is 36.4 Å². The number of sulfonamides is 1. The van der Waals surface area contributed by atoms with Crippen LogP contribution >= 0.6 is 15.9 Å². The normalized spacial score (nSPS) is 12.0. The Labute approximate surface area is 214 Å². The van der Waals surface area contributed by atoms with Crippen molar-refractivity contribution in [3.63, 3.8) is 0 Å². The first-order valence-electron chi connectivity index (χ1n) is 10.4. The first-order valence-corrected chi connectivity index (χ1v) is 12.6. The zero-order valence-corrected chi connectivity index (χ0v) is 21.5. The summed E-state index contributed by atoms with van der Waals surface area (Å²) in [7, 11) is -3.09. The SMILES string of the molecule is Cc1ccc(S(=O)(=O)N(C)C(=O)CC(OC(=O)c2ccc([N+](=O)[O-])cc2)c2ccc(F)c(Br)c2)cc1. The lowest BCUT2D eigenvalue weighted by Gasteiger charge is -2.22. The molecule has 0 spiro atoms. The number of benzene rings is 3. The summed E-state index contributed by atoms with van der Waals surface area (Å²) in [6.45, 7) is 1.79. The second kappa shape index (κ2) is 11.0. The maximum Gasteiger partial charge on any atom is 0.338 e. The van der Waals surface area contributed by atoms with Crippen LogP contribution in [0.4, 0.5) is 10.1 Å². The highest BCUT2D eigenvalue weighted by molar-refractivity contribution is 9.10. The second-order valence-corrected chi connectivity index (χ2v) is 10.6. The first kappa shape index (κ1) is 27.0. The number of esters is 1. The van der Waals surface area contributed by atoms with Crippen LogP contribution in [0.1, 0.15) is 34.0 Å². The van der Waals surface area contributed by atoms with Gasteiger partial charge in [0, 0.05) is 19.2 Å². The van der Waals surface area contributed by atoms with Gasteiger partial charge in [-0.3, -0.25) is 14.9 Å². The zero-order valence-electron chi connectivity index (χ0n) is 19.1. The third kappa shape index (κ3) is 6.13. The molecule has 0 aliphatic rings. The average Bonchev–Trinajstić information content (AvgIpc) is 2.85. The Kier molecular flexibility index (Phi) is 8.21. The quantitative estimate of drug-likeness (QED) is 0.210. The van der Waals surface area contributed by atoms with E-state index in [-0.39, 0.29) is 26.2 Å². The fraction of sp³-hybridized carbons (Fsp3) is 0.167. The van der Waals surface area contributed by atoms with Gasteiger partial charge in [0.25, 0.3) is 15.7 Å². The van der Waals surface area contributed by atoms with Gasteiger partial charge in [0.05, 0.1) is 26.3 Å². The minimum atomic E-state index is -4.18. The van der Waals surface area contributed by atoms with Gasteiger partial charge in [-0.2, -0.15) is 0 Å². The summed E-state index contributed by atoms with van der Waals surface area (Å²) >= 11 is 3.04. The van der Waals surface area contributed by atoms with Crippen molar-refractivity contribution in [1.82, 2.24) is 4.31 Å². The minimum absolute atomic E-state index is 0.0279. The van der Waals surface area contributed by atoms with Gasteiger partial charge in [-0.15, -0.1) is 0 Å². The Morgan fingerprint density at radius 3 is 2.25 bits per heavy atom. The molecule has 9 nitrogen and oxygen atoms in total. The number of halogens is 2. The topological polar surface area (TPSA) is 124 Å². The smallest absolute Gasteiger partial charge is 0.338 e. The van der Waals surface area contributed by atoms with Crippen LogP contribution in [0.15, 0.2) is 76.1 Å². The number of rotatable bonds is 8. The number of nitro groups is 1. The van der Waals surface area contributed by atoms with Crippen molar-refractivity contribution in [3.05, 3.63) is 104 Å². The lowest BCUT2D eigenvalue weighted by atomic mass is 10.1. The highest BCUT2D eigenvalue weighted by Gasteiger charge is 2.30. The Balaban J connectivity index is 1.88. The maximum absolute atomic E-state index is 13.8. The van der Waals surface area contributed by atoms with Gasteiger partial charge >= 0.3 is 5.97 Å². The van der Waals surface area contributed by atoms with Gasteiger partial charge in [-0.05, 0) is 64.8 Å². The number of amides is 1. The molecule has 3 rings (SSSR count). The molecule has 0 bridgehead atoms. The Bertz CT molecular complexity index is 1410. The molecule has 0 heterocycles. The summed E-state index contributed by atoms with van der Waals surface area (Å²) < 4.78 is 45.7. The number of aryl methyl sites for hydroxylation is 1. The molecule has 3 aromatic carbocycles. The van der Waals surface area contributed by atoms with Crippen molar-refractivity contribution in [2.45, 2.75) is 24.3 Å². The minimum Gasteiger partial charge on any atom is -0.453 e. The summed E-state index contributed by atoms with van der Waals surface area (Å²) in [6, 6.07) is 14.3. The van der Waals surface area contributed by atoms with Crippen molar-refractivity contribution in [3.8, 4) is 0 Å². The molecule has 0 saturated carbocycles. The van der Waals surface area contributed by atoms with Gasteiger partial charge < -0.3 is 4.74 Å². The first-order chi connectivity index (χ1) is 16.9. The van der Waals surface area contributed by atoms with E-state index in [1.807, 2.05) is 0 Å². The third-order valence-corrected chi connectivity index (χ3v) is 7.67. The maximum atomic E-state index is 13.8. The predicted molar refractivity (Wildman–Crippen MR) is 131 cm³/mol. The fourth-order valence-electron chi connectivity index (χ4n) is 3.15. The van der Waals surface area contributed by atoms with Crippen molar-refractivity contribution >= 4 is 43.5 Å². The van der Waals surface area contributed by atoms with Gasteiger partial charge in [0.15, 0.2) is 0 Å². The van der Waals surface area contributed by atoms with Gasteiger partial charge in [0.1, 0.15) is 11.9 Å². The average molecular weight is 579 g/mol. The Morgan fingerprint density at radius 2 is 1.69 bits per heavy atom. The van der Waals surface area contributed by atoms with Crippen LogP contribution in [-0.4, -0.2) is 36.6 Å². The summed E-state index contributed by atoms with van der Waals surface area (Å²) in [6.07, 6.45) is -1.86. The number of hydrogen-bond acceptors (Lipinski definition) is 7. The molecule has 0 radical (unpaired) electrons. The second-order valence-electron chi connectivity index (χ2n) is 7.75. The summed E-state index contributed by atoms with van der Waals surface area (Å²) in [5.74, 6) is -2.38.